The van der Waals surface area contributed by atoms with Gasteiger partial charge < -0.3 is 16.0 Å². The highest BCUT2D eigenvalue weighted by Gasteiger charge is 2.24. The Morgan fingerprint density at radius 3 is 2.60 bits per heavy atom. The molecule has 0 bridgehead atoms. The van der Waals surface area contributed by atoms with E-state index in [1.54, 1.807) is 12.1 Å². The molecule has 3 N–H and O–H groups in total. The highest BCUT2D eigenvalue weighted by atomic mass is 79.9. The van der Waals surface area contributed by atoms with Gasteiger partial charge in [0.05, 0.1) is 6.04 Å². The molecule has 1 atom stereocenters. The topological polar surface area (TPSA) is 61.6 Å². The SMILES string of the molecule is N[C@@H](Cc1cccc(F)c1)C(=O)N1CCN(Cc2ccccc2)CCCNc2ccc(Br)cc2C1. The first-order valence-electron chi connectivity index (χ1n) is 12.1. The number of carbonyl (C=O) groups is 1. The van der Waals surface area contributed by atoms with Gasteiger partial charge in [-0.25, -0.2) is 4.39 Å². The van der Waals surface area contributed by atoms with Crippen molar-refractivity contribution >= 4 is 27.5 Å². The first kappa shape index (κ1) is 25.4. The molecule has 4 rings (SSSR count). The van der Waals surface area contributed by atoms with Gasteiger partial charge in [0.15, 0.2) is 0 Å². The number of benzene rings is 3. The van der Waals surface area contributed by atoms with Crippen molar-refractivity contribution in [1.29, 1.82) is 0 Å². The van der Waals surface area contributed by atoms with E-state index in [9.17, 15) is 9.18 Å². The number of fused-ring (bicyclic) bond motifs is 1. The van der Waals surface area contributed by atoms with E-state index in [4.69, 9.17) is 5.73 Å². The van der Waals surface area contributed by atoms with Crippen molar-refractivity contribution in [2.75, 3.05) is 31.5 Å². The average Bonchev–Trinajstić information content (AvgIpc) is 2.88. The third kappa shape index (κ3) is 7.37. The Morgan fingerprint density at radius 1 is 1.00 bits per heavy atom. The lowest BCUT2D eigenvalue weighted by molar-refractivity contribution is -0.133. The lowest BCUT2D eigenvalue weighted by atomic mass is 10.0. The summed E-state index contributed by atoms with van der Waals surface area (Å²) in [6.45, 7) is 4.37. The molecule has 0 spiro atoms. The number of nitrogens with zero attached hydrogens (tertiary/aromatic N) is 2. The molecule has 0 fully saturated rings. The van der Waals surface area contributed by atoms with Crippen LogP contribution in [0.4, 0.5) is 10.1 Å². The van der Waals surface area contributed by atoms with Crippen molar-refractivity contribution in [3.05, 3.63) is 99.8 Å². The largest absolute Gasteiger partial charge is 0.385 e. The molecule has 0 aromatic heterocycles. The standard InChI is InChI=1S/C28H32BrFN4O/c29-24-10-11-27-23(18-24)20-34(28(35)26(31)17-22-8-4-9-25(30)16-22)15-14-33(13-5-12-32-27)19-21-6-2-1-3-7-21/h1-4,6-11,16,18,26,32H,5,12-15,17,19-20,31H2/t26-/m0/s1. The Hall–Kier alpha value is -2.74. The third-order valence-corrected chi connectivity index (χ3v) is 6.80. The van der Waals surface area contributed by atoms with E-state index in [-0.39, 0.29) is 11.7 Å². The minimum Gasteiger partial charge on any atom is -0.385 e. The molecule has 7 heteroatoms. The van der Waals surface area contributed by atoms with Crippen molar-refractivity contribution in [3.8, 4) is 0 Å². The molecule has 5 nitrogen and oxygen atoms in total. The number of hydrogen-bond acceptors (Lipinski definition) is 4. The highest BCUT2D eigenvalue weighted by molar-refractivity contribution is 9.10. The molecular formula is C28H32BrFN4O. The molecule has 0 saturated heterocycles. The summed E-state index contributed by atoms with van der Waals surface area (Å²) in [4.78, 5) is 17.8. The number of hydrogen-bond donors (Lipinski definition) is 2. The lowest BCUT2D eigenvalue weighted by Crippen LogP contribution is -2.47. The summed E-state index contributed by atoms with van der Waals surface area (Å²) in [6.07, 6.45) is 1.29. The van der Waals surface area contributed by atoms with Crippen LogP contribution in [-0.2, 0) is 24.3 Å². The van der Waals surface area contributed by atoms with Crippen LogP contribution in [0.15, 0.2) is 77.3 Å². The Balaban J connectivity index is 1.55. The normalized spacial score (nSPS) is 16.0. The summed E-state index contributed by atoms with van der Waals surface area (Å²) < 4.78 is 14.6. The summed E-state index contributed by atoms with van der Waals surface area (Å²) in [6, 6.07) is 22.1. The van der Waals surface area contributed by atoms with Gasteiger partial charge in [0, 0.05) is 49.4 Å². The quantitative estimate of drug-likeness (QED) is 0.489. The van der Waals surface area contributed by atoms with Gasteiger partial charge in [-0.1, -0.05) is 58.4 Å². The first-order valence-corrected chi connectivity index (χ1v) is 12.8. The second-order valence-corrected chi connectivity index (χ2v) is 9.96. The Labute approximate surface area is 215 Å². The molecule has 184 valence electrons. The lowest BCUT2D eigenvalue weighted by Gasteiger charge is -2.29. The van der Waals surface area contributed by atoms with Crippen molar-refractivity contribution in [2.24, 2.45) is 5.73 Å². The van der Waals surface area contributed by atoms with Gasteiger partial charge in [0.2, 0.25) is 5.91 Å². The number of amides is 1. The van der Waals surface area contributed by atoms with Crippen molar-refractivity contribution < 1.29 is 9.18 Å². The molecule has 0 aliphatic carbocycles. The van der Waals surface area contributed by atoms with Crippen LogP contribution in [0.3, 0.4) is 0 Å². The van der Waals surface area contributed by atoms with Crippen LogP contribution in [0.25, 0.3) is 0 Å². The van der Waals surface area contributed by atoms with Crippen molar-refractivity contribution in [3.63, 3.8) is 0 Å². The van der Waals surface area contributed by atoms with Crippen LogP contribution in [0, 0.1) is 5.82 Å². The van der Waals surface area contributed by atoms with Crippen LogP contribution in [-0.4, -0.2) is 47.9 Å². The second kappa shape index (κ2) is 12.3. The molecular weight excluding hydrogens is 507 g/mol. The molecule has 3 aromatic carbocycles. The zero-order chi connectivity index (χ0) is 24.6. The fraction of sp³-hybridized carbons (Fsp3) is 0.321. The highest BCUT2D eigenvalue weighted by Crippen LogP contribution is 2.24. The molecule has 35 heavy (non-hydrogen) atoms. The number of anilines is 1. The second-order valence-electron chi connectivity index (χ2n) is 9.04. The fourth-order valence-corrected chi connectivity index (χ4v) is 4.89. The minimum absolute atomic E-state index is 0.126. The molecule has 0 radical (unpaired) electrons. The van der Waals surface area contributed by atoms with E-state index in [1.165, 1.54) is 17.7 Å². The van der Waals surface area contributed by atoms with Gasteiger partial charge in [-0.2, -0.15) is 0 Å². The number of carbonyl (C=O) groups excluding carboxylic acids is 1. The number of halogens is 2. The maximum Gasteiger partial charge on any atom is 0.240 e. The van der Waals surface area contributed by atoms with Gasteiger partial charge in [-0.3, -0.25) is 9.69 Å². The summed E-state index contributed by atoms with van der Waals surface area (Å²) >= 11 is 3.57. The van der Waals surface area contributed by atoms with E-state index in [0.717, 1.165) is 53.9 Å². The van der Waals surface area contributed by atoms with Crippen LogP contribution >= 0.6 is 15.9 Å². The molecule has 1 amide bonds. The van der Waals surface area contributed by atoms with Crippen LogP contribution in [0.2, 0.25) is 0 Å². The molecule has 1 aliphatic rings. The molecule has 1 aliphatic heterocycles. The number of rotatable bonds is 5. The van der Waals surface area contributed by atoms with Gasteiger partial charge >= 0.3 is 0 Å². The Bertz CT molecular complexity index is 1130. The van der Waals surface area contributed by atoms with Gasteiger partial charge in [-0.15, -0.1) is 0 Å². The number of nitrogens with one attached hydrogen (secondary N) is 1. The zero-order valence-electron chi connectivity index (χ0n) is 19.8. The Morgan fingerprint density at radius 2 is 1.80 bits per heavy atom. The summed E-state index contributed by atoms with van der Waals surface area (Å²) in [5.41, 5.74) is 10.4. The van der Waals surface area contributed by atoms with E-state index in [0.29, 0.717) is 19.5 Å². The summed E-state index contributed by atoms with van der Waals surface area (Å²) in [7, 11) is 0. The number of nitrogens with two attached hydrogens (primary N) is 1. The van der Waals surface area contributed by atoms with E-state index in [2.05, 4.69) is 56.5 Å². The zero-order valence-corrected chi connectivity index (χ0v) is 21.4. The van der Waals surface area contributed by atoms with Crippen LogP contribution in [0.1, 0.15) is 23.1 Å². The maximum absolute atomic E-state index is 13.7. The van der Waals surface area contributed by atoms with Gasteiger partial charge in [0.25, 0.3) is 0 Å². The van der Waals surface area contributed by atoms with E-state index in [1.807, 2.05) is 23.1 Å². The third-order valence-electron chi connectivity index (χ3n) is 6.30. The molecule has 1 heterocycles. The molecule has 0 unspecified atom stereocenters. The van der Waals surface area contributed by atoms with Gasteiger partial charge in [-0.05, 0) is 59.9 Å². The average molecular weight is 539 g/mol. The minimum atomic E-state index is -0.743. The van der Waals surface area contributed by atoms with Crippen molar-refractivity contribution in [2.45, 2.75) is 32.0 Å². The predicted molar refractivity (Wildman–Crippen MR) is 142 cm³/mol. The molecule has 0 saturated carbocycles. The van der Waals surface area contributed by atoms with E-state index >= 15 is 0 Å². The van der Waals surface area contributed by atoms with Crippen LogP contribution < -0.4 is 11.1 Å². The summed E-state index contributed by atoms with van der Waals surface area (Å²) in [5, 5.41) is 3.55. The fourth-order valence-electron chi connectivity index (χ4n) is 4.48. The first-order chi connectivity index (χ1) is 17.0. The maximum atomic E-state index is 13.7. The monoisotopic (exact) mass is 538 g/mol. The van der Waals surface area contributed by atoms with E-state index < -0.39 is 6.04 Å². The van der Waals surface area contributed by atoms with Crippen LogP contribution in [0.5, 0.6) is 0 Å². The van der Waals surface area contributed by atoms with Gasteiger partial charge in [0.1, 0.15) is 5.82 Å². The smallest absolute Gasteiger partial charge is 0.240 e. The van der Waals surface area contributed by atoms with Crippen molar-refractivity contribution in [1.82, 2.24) is 9.80 Å². The summed E-state index contributed by atoms with van der Waals surface area (Å²) in [5.74, 6) is -0.446. The molecule has 3 aromatic rings. The Kier molecular flexibility index (Phi) is 8.90. The predicted octanol–water partition coefficient (Wildman–Crippen LogP) is 4.80.